The average molecular weight is 338 g/mol. The summed E-state index contributed by atoms with van der Waals surface area (Å²) in [5.74, 6) is 8.04. The fourth-order valence-corrected chi connectivity index (χ4v) is 2.63. The Balaban J connectivity index is 1.67. The van der Waals surface area contributed by atoms with Crippen LogP contribution in [0.5, 0.6) is 5.75 Å². The van der Waals surface area contributed by atoms with E-state index in [-0.39, 0.29) is 0 Å². The summed E-state index contributed by atoms with van der Waals surface area (Å²) in [5.41, 5.74) is 2.36. The first-order valence-corrected chi connectivity index (χ1v) is 8.92. The first kappa shape index (κ1) is 17.6. The highest BCUT2D eigenvalue weighted by Crippen LogP contribution is 2.17. The van der Waals surface area contributed by atoms with Gasteiger partial charge in [0.25, 0.3) is 0 Å². The number of ether oxygens (including phenoxy) is 1. The van der Waals surface area contributed by atoms with E-state index >= 15 is 0 Å². The molecule has 0 aromatic heterocycles. The summed E-state index contributed by atoms with van der Waals surface area (Å²) in [7, 11) is 0. The van der Waals surface area contributed by atoms with Crippen LogP contribution in [0.2, 0.25) is 0 Å². The number of benzene rings is 3. The zero-order valence-electron chi connectivity index (χ0n) is 14.8. The minimum Gasteiger partial charge on any atom is -0.461 e. The molecular weight excluding hydrogens is 316 g/mol. The molecule has 1 heteroatoms. The Morgan fingerprint density at radius 3 is 2.08 bits per heavy atom. The highest BCUT2D eigenvalue weighted by Gasteiger charge is 2.01. The summed E-state index contributed by atoms with van der Waals surface area (Å²) in [4.78, 5) is 0. The van der Waals surface area contributed by atoms with Gasteiger partial charge >= 0.3 is 0 Å². The maximum atomic E-state index is 6.05. The molecule has 0 aliphatic heterocycles. The van der Waals surface area contributed by atoms with Gasteiger partial charge in [-0.2, -0.15) is 0 Å². The molecule has 26 heavy (non-hydrogen) atoms. The van der Waals surface area contributed by atoms with E-state index < -0.39 is 0 Å². The maximum absolute atomic E-state index is 6.05. The van der Waals surface area contributed by atoms with E-state index in [0.717, 1.165) is 36.3 Å². The van der Waals surface area contributed by atoms with E-state index in [9.17, 15) is 0 Å². The molecule has 0 spiro atoms. The third-order valence-electron chi connectivity index (χ3n) is 3.95. The van der Waals surface area contributed by atoms with Crippen LogP contribution in [0.1, 0.15) is 24.0 Å². The molecule has 0 fully saturated rings. The summed E-state index contributed by atoms with van der Waals surface area (Å²) in [6.45, 7) is 0. The molecule has 128 valence electrons. The van der Waals surface area contributed by atoms with Gasteiger partial charge in [0.1, 0.15) is 11.5 Å². The molecule has 0 radical (unpaired) electrons. The SMILES string of the molecule is C(#Cc1ccccc1)/C=C(/CCCc1ccccc1)Oc1ccccc1. The molecule has 3 aromatic carbocycles. The Morgan fingerprint density at radius 1 is 0.769 bits per heavy atom. The van der Waals surface area contributed by atoms with Gasteiger partial charge < -0.3 is 4.74 Å². The van der Waals surface area contributed by atoms with Crippen molar-refractivity contribution in [1.29, 1.82) is 0 Å². The van der Waals surface area contributed by atoms with E-state index in [1.165, 1.54) is 5.56 Å². The fourth-order valence-electron chi connectivity index (χ4n) is 2.63. The lowest BCUT2D eigenvalue weighted by Gasteiger charge is -2.09. The van der Waals surface area contributed by atoms with E-state index in [1.54, 1.807) is 0 Å². The van der Waals surface area contributed by atoms with Crippen LogP contribution in [0.15, 0.2) is 103 Å². The summed E-state index contributed by atoms with van der Waals surface area (Å²) < 4.78 is 6.05. The fraction of sp³-hybridized carbons (Fsp3) is 0.120. The van der Waals surface area contributed by atoms with E-state index in [2.05, 4.69) is 36.1 Å². The molecule has 0 aliphatic carbocycles. The second-order valence-corrected chi connectivity index (χ2v) is 6.00. The Kier molecular flexibility index (Phi) is 6.70. The van der Waals surface area contributed by atoms with Crippen LogP contribution in [-0.2, 0) is 6.42 Å². The van der Waals surface area contributed by atoms with Gasteiger partial charge in [-0.25, -0.2) is 0 Å². The molecule has 0 atom stereocenters. The van der Waals surface area contributed by atoms with Crippen molar-refractivity contribution in [2.75, 3.05) is 0 Å². The molecule has 0 bridgehead atoms. The third-order valence-corrected chi connectivity index (χ3v) is 3.95. The molecule has 0 unspecified atom stereocenters. The number of aryl methyl sites for hydroxylation is 1. The first-order chi connectivity index (χ1) is 12.9. The quantitative estimate of drug-likeness (QED) is 0.394. The largest absolute Gasteiger partial charge is 0.461 e. The van der Waals surface area contributed by atoms with Gasteiger partial charge in [0.2, 0.25) is 0 Å². The molecule has 0 amide bonds. The number of hydrogen-bond acceptors (Lipinski definition) is 1. The van der Waals surface area contributed by atoms with Crippen molar-refractivity contribution in [3.63, 3.8) is 0 Å². The summed E-state index contributed by atoms with van der Waals surface area (Å²) in [6, 6.07) is 30.4. The summed E-state index contributed by atoms with van der Waals surface area (Å²) >= 11 is 0. The van der Waals surface area contributed by atoms with Gasteiger partial charge in [-0.3, -0.25) is 0 Å². The van der Waals surface area contributed by atoms with Crippen LogP contribution < -0.4 is 4.74 Å². The second kappa shape index (κ2) is 9.91. The summed E-state index contributed by atoms with van der Waals surface area (Å²) in [6.07, 6.45) is 4.80. The van der Waals surface area contributed by atoms with Crippen LogP contribution in [-0.4, -0.2) is 0 Å². The molecule has 0 heterocycles. The van der Waals surface area contributed by atoms with Gasteiger partial charge in [0.15, 0.2) is 0 Å². The molecule has 3 aromatic rings. The van der Waals surface area contributed by atoms with Crippen molar-refractivity contribution < 1.29 is 4.74 Å². The minimum atomic E-state index is 0.847. The Morgan fingerprint density at radius 2 is 1.38 bits per heavy atom. The predicted octanol–water partition coefficient (Wildman–Crippen LogP) is 6.02. The number of rotatable bonds is 6. The van der Waals surface area contributed by atoms with Crippen molar-refractivity contribution in [1.82, 2.24) is 0 Å². The Labute approximate surface area is 156 Å². The molecular formula is C25H22O. The monoisotopic (exact) mass is 338 g/mol. The second-order valence-electron chi connectivity index (χ2n) is 6.00. The maximum Gasteiger partial charge on any atom is 0.126 e. The van der Waals surface area contributed by atoms with Crippen LogP contribution in [0.3, 0.4) is 0 Å². The average Bonchev–Trinajstić information content (AvgIpc) is 2.70. The minimum absolute atomic E-state index is 0.847. The molecule has 0 aliphatic rings. The Hall–Kier alpha value is -3.24. The van der Waals surface area contributed by atoms with Crippen LogP contribution in [0, 0.1) is 11.8 Å². The van der Waals surface area contributed by atoms with E-state index in [0.29, 0.717) is 0 Å². The number of hydrogen-bond donors (Lipinski definition) is 0. The van der Waals surface area contributed by atoms with Crippen molar-refractivity contribution in [2.24, 2.45) is 0 Å². The molecule has 1 nitrogen and oxygen atoms in total. The Bertz CT molecular complexity index is 869. The van der Waals surface area contributed by atoms with Crippen molar-refractivity contribution in [3.8, 4) is 17.6 Å². The van der Waals surface area contributed by atoms with E-state index in [4.69, 9.17) is 4.74 Å². The van der Waals surface area contributed by atoms with Gasteiger partial charge in [0, 0.05) is 18.1 Å². The number of allylic oxidation sites excluding steroid dienone is 2. The smallest absolute Gasteiger partial charge is 0.126 e. The predicted molar refractivity (Wildman–Crippen MR) is 108 cm³/mol. The van der Waals surface area contributed by atoms with Gasteiger partial charge in [0.05, 0.1) is 0 Å². The van der Waals surface area contributed by atoms with Gasteiger partial charge in [-0.05, 0) is 42.7 Å². The first-order valence-electron chi connectivity index (χ1n) is 8.92. The highest BCUT2D eigenvalue weighted by molar-refractivity contribution is 5.37. The molecule has 0 N–H and O–H groups in total. The highest BCUT2D eigenvalue weighted by atomic mass is 16.5. The topological polar surface area (TPSA) is 9.23 Å². The molecule has 0 saturated heterocycles. The van der Waals surface area contributed by atoms with Crippen molar-refractivity contribution in [2.45, 2.75) is 19.3 Å². The zero-order valence-corrected chi connectivity index (χ0v) is 14.8. The van der Waals surface area contributed by atoms with Crippen LogP contribution in [0.4, 0.5) is 0 Å². The number of para-hydroxylation sites is 1. The van der Waals surface area contributed by atoms with Crippen molar-refractivity contribution in [3.05, 3.63) is 114 Å². The standard InChI is InChI=1S/C25H22O/c1-4-12-22(13-5-1)16-10-20-25(26-24-18-8-3-9-19-24)21-11-17-23-14-6-2-7-15-23/h1-9,12-15,18-19,21H,10,16,20H2/b25-21-. The van der Waals surface area contributed by atoms with E-state index in [1.807, 2.05) is 72.8 Å². The zero-order chi connectivity index (χ0) is 17.9. The van der Waals surface area contributed by atoms with Crippen molar-refractivity contribution >= 4 is 0 Å². The van der Waals surface area contributed by atoms with Crippen LogP contribution >= 0.6 is 0 Å². The summed E-state index contributed by atoms with van der Waals surface area (Å²) in [5, 5.41) is 0. The third kappa shape index (κ3) is 6.00. The lowest BCUT2D eigenvalue weighted by atomic mass is 10.1. The molecule has 0 saturated carbocycles. The van der Waals surface area contributed by atoms with Crippen LogP contribution in [0.25, 0.3) is 0 Å². The normalized spacial score (nSPS) is 10.7. The molecule has 3 rings (SSSR count). The lowest BCUT2D eigenvalue weighted by molar-refractivity contribution is 0.399. The lowest BCUT2D eigenvalue weighted by Crippen LogP contribution is -1.97. The van der Waals surface area contributed by atoms with Gasteiger partial charge in [-0.15, -0.1) is 0 Å². The van der Waals surface area contributed by atoms with Gasteiger partial charge in [-0.1, -0.05) is 78.6 Å².